The molecule has 4 nitrogen and oxygen atoms in total. The zero-order valence-electron chi connectivity index (χ0n) is 14.1. The Morgan fingerprint density at radius 3 is 2.41 bits per heavy atom. The Morgan fingerprint density at radius 2 is 1.74 bits per heavy atom. The van der Waals surface area contributed by atoms with Gasteiger partial charge in [0, 0.05) is 24.0 Å². The molecule has 0 atom stereocenters. The van der Waals surface area contributed by atoms with Crippen LogP contribution >= 0.6 is 12.2 Å². The molecule has 0 saturated carbocycles. The molecule has 0 fully saturated rings. The molecule has 0 aliphatic rings. The van der Waals surface area contributed by atoms with Crippen LogP contribution in [0.15, 0.2) is 42.6 Å². The normalized spacial score (nSPS) is 10.7. The zero-order valence-corrected chi connectivity index (χ0v) is 14.9. The van der Waals surface area contributed by atoms with Crippen LogP contribution in [0.5, 0.6) is 0 Å². The van der Waals surface area contributed by atoms with Gasteiger partial charge in [-0.2, -0.15) is 5.10 Å². The van der Waals surface area contributed by atoms with Crippen molar-refractivity contribution in [2.24, 2.45) is 0 Å². The Balaban J connectivity index is 1.70. The fourth-order valence-corrected chi connectivity index (χ4v) is 2.66. The number of nitrogens with zero attached hydrogens (tertiary/aromatic N) is 2. The van der Waals surface area contributed by atoms with Crippen LogP contribution in [0.2, 0.25) is 0 Å². The van der Waals surface area contributed by atoms with Crippen LogP contribution in [0, 0.1) is 30.2 Å². The SMILES string of the molecule is Cc1cccc(NC(=S)Nc2ccn(Cc3c(F)c(F)cc(F)c3F)n2)c1. The van der Waals surface area contributed by atoms with Crippen LogP contribution in [-0.4, -0.2) is 14.9 Å². The lowest BCUT2D eigenvalue weighted by Crippen LogP contribution is -2.19. The Bertz CT molecular complexity index is 977. The smallest absolute Gasteiger partial charge is 0.176 e. The van der Waals surface area contributed by atoms with Gasteiger partial charge < -0.3 is 10.6 Å². The number of rotatable bonds is 4. The fourth-order valence-electron chi connectivity index (χ4n) is 2.44. The lowest BCUT2D eigenvalue weighted by Gasteiger charge is -2.09. The summed E-state index contributed by atoms with van der Waals surface area (Å²) in [5, 5.41) is 10.1. The van der Waals surface area contributed by atoms with E-state index >= 15 is 0 Å². The third kappa shape index (κ3) is 4.43. The number of halogens is 4. The maximum Gasteiger partial charge on any atom is 0.176 e. The molecule has 1 aromatic heterocycles. The summed E-state index contributed by atoms with van der Waals surface area (Å²) in [4.78, 5) is 0. The molecule has 9 heteroatoms. The zero-order chi connectivity index (χ0) is 19.6. The minimum absolute atomic E-state index is 0.166. The minimum atomic E-state index is -1.46. The first-order chi connectivity index (χ1) is 12.8. The first kappa shape index (κ1) is 18.8. The quantitative estimate of drug-likeness (QED) is 0.385. The summed E-state index contributed by atoms with van der Waals surface area (Å²) in [6.07, 6.45) is 1.40. The number of aryl methyl sites for hydroxylation is 1. The van der Waals surface area contributed by atoms with Gasteiger partial charge in [-0.05, 0) is 36.8 Å². The standard InChI is InChI=1S/C18H14F4N4S/c1-10-3-2-4-11(7-10)23-18(27)24-15-5-6-26(25-15)9-12-16(21)13(19)8-14(20)17(12)22/h2-8H,9H2,1H3,(H2,23,24,25,27). The van der Waals surface area contributed by atoms with E-state index in [1.165, 1.54) is 12.3 Å². The number of aromatic nitrogens is 2. The van der Waals surface area contributed by atoms with Gasteiger partial charge in [-0.1, -0.05) is 12.1 Å². The van der Waals surface area contributed by atoms with E-state index in [1.54, 1.807) is 0 Å². The molecule has 0 aliphatic carbocycles. The van der Waals surface area contributed by atoms with E-state index < -0.39 is 35.4 Å². The van der Waals surface area contributed by atoms with Crippen LogP contribution in [0.1, 0.15) is 11.1 Å². The van der Waals surface area contributed by atoms with Crippen molar-refractivity contribution in [3.8, 4) is 0 Å². The second-order valence-electron chi connectivity index (χ2n) is 5.79. The molecule has 0 saturated heterocycles. The van der Waals surface area contributed by atoms with Crippen LogP contribution in [-0.2, 0) is 6.54 Å². The molecule has 0 spiro atoms. The Labute approximate surface area is 157 Å². The van der Waals surface area contributed by atoms with E-state index in [0.717, 1.165) is 15.9 Å². The summed E-state index contributed by atoms with van der Waals surface area (Å²) >= 11 is 5.19. The Kier molecular flexibility index (Phi) is 5.41. The monoisotopic (exact) mass is 394 g/mol. The largest absolute Gasteiger partial charge is 0.332 e. The number of hydrogen-bond donors (Lipinski definition) is 2. The number of benzene rings is 2. The molecule has 0 aliphatic heterocycles. The van der Waals surface area contributed by atoms with Crippen molar-refractivity contribution in [3.05, 3.63) is 77.0 Å². The Morgan fingerprint density at radius 1 is 1.04 bits per heavy atom. The number of hydrogen-bond acceptors (Lipinski definition) is 2. The number of thiocarbonyl (C=S) groups is 1. The predicted octanol–water partition coefficient (Wildman–Crippen LogP) is 4.61. The van der Waals surface area contributed by atoms with Crippen molar-refractivity contribution in [1.82, 2.24) is 9.78 Å². The molecule has 27 heavy (non-hydrogen) atoms. The molecule has 2 aromatic carbocycles. The highest BCUT2D eigenvalue weighted by Crippen LogP contribution is 2.20. The number of anilines is 2. The van der Waals surface area contributed by atoms with Crippen LogP contribution in [0.4, 0.5) is 29.1 Å². The molecule has 0 bridgehead atoms. The second-order valence-corrected chi connectivity index (χ2v) is 6.20. The fraction of sp³-hybridized carbons (Fsp3) is 0.111. The van der Waals surface area contributed by atoms with Crippen molar-refractivity contribution >= 4 is 28.8 Å². The van der Waals surface area contributed by atoms with Crippen molar-refractivity contribution in [1.29, 1.82) is 0 Å². The topological polar surface area (TPSA) is 41.9 Å². The van der Waals surface area contributed by atoms with Gasteiger partial charge in [-0.3, -0.25) is 4.68 Å². The molecule has 0 unspecified atom stereocenters. The molecule has 0 radical (unpaired) electrons. The van der Waals surface area contributed by atoms with Gasteiger partial charge in [0.25, 0.3) is 0 Å². The third-order valence-electron chi connectivity index (χ3n) is 3.68. The average molecular weight is 394 g/mol. The highest BCUT2D eigenvalue weighted by Gasteiger charge is 2.19. The molecule has 3 rings (SSSR count). The maximum absolute atomic E-state index is 13.8. The molecule has 140 valence electrons. The first-order valence-electron chi connectivity index (χ1n) is 7.83. The van der Waals surface area contributed by atoms with Gasteiger partial charge in [-0.25, -0.2) is 17.6 Å². The van der Waals surface area contributed by atoms with E-state index in [0.29, 0.717) is 5.82 Å². The lowest BCUT2D eigenvalue weighted by atomic mass is 10.2. The van der Waals surface area contributed by atoms with E-state index in [-0.39, 0.29) is 11.2 Å². The van der Waals surface area contributed by atoms with E-state index in [9.17, 15) is 17.6 Å². The van der Waals surface area contributed by atoms with Crippen LogP contribution in [0.3, 0.4) is 0 Å². The lowest BCUT2D eigenvalue weighted by molar-refractivity contribution is 0.431. The third-order valence-corrected chi connectivity index (χ3v) is 3.89. The highest BCUT2D eigenvalue weighted by molar-refractivity contribution is 7.80. The summed E-state index contributed by atoms with van der Waals surface area (Å²) < 4.78 is 55.2. The van der Waals surface area contributed by atoms with E-state index in [2.05, 4.69) is 15.7 Å². The van der Waals surface area contributed by atoms with Gasteiger partial charge in [0.05, 0.1) is 12.1 Å². The molecule has 2 N–H and O–H groups in total. The summed E-state index contributed by atoms with van der Waals surface area (Å²) in [5.74, 6) is -5.51. The van der Waals surface area contributed by atoms with Crippen LogP contribution in [0.25, 0.3) is 0 Å². The molecule has 1 heterocycles. The Hall–Kier alpha value is -2.94. The summed E-state index contributed by atoms with van der Waals surface area (Å²) in [7, 11) is 0. The molecule has 3 aromatic rings. The van der Waals surface area contributed by atoms with Crippen molar-refractivity contribution in [2.45, 2.75) is 13.5 Å². The first-order valence-corrected chi connectivity index (χ1v) is 8.24. The second kappa shape index (κ2) is 7.75. The average Bonchev–Trinajstić information content (AvgIpc) is 3.04. The summed E-state index contributed by atoms with van der Waals surface area (Å²) in [5.41, 5.74) is 1.09. The minimum Gasteiger partial charge on any atom is -0.332 e. The van der Waals surface area contributed by atoms with Crippen LogP contribution < -0.4 is 10.6 Å². The van der Waals surface area contributed by atoms with Gasteiger partial charge >= 0.3 is 0 Å². The summed E-state index contributed by atoms with van der Waals surface area (Å²) in [6.45, 7) is 1.46. The molecule has 0 amide bonds. The van der Waals surface area contributed by atoms with Gasteiger partial charge in [-0.15, -0.1) is 0 Å². The van der Waals surface area contributed by atoms with Crippen molar-refractivity contribution in [3.63, 3.8) is 0 Å². The predicted molar refractivity (Wildman–Crippen MR) is 98.6 cm³/mol. The number of nitrogens with one attached hydrogen (secondary N) is 2. The highest BCUT2D eigenvalue weighted by atomic mass is 32.1. The van der Waals surface area contributed by atoms with E-state index in [4.69, 9.17) is 12.2 Å². The van der Waals surface area contributed by atoms with Gasteiger partial charge in [0.15, 0.2) is 34.2 Å². The maximum atomic E-state index is 13.8. The molecular weight excluding hydrogens is 380 g/mol. The van der Waals surface area contributed by atoms with Gasteiger partial charge in [0.1, 0.15) is 0 Å². The van der Waals surface area contributed by atoms with Crippen molar-refractivity contribution in [2.75, 3.05) is 10.6 Å². The van der Waals surface area contributed by atoms with Gasteiger partial charge in [0.2, 0.25) is 0 Å². The van der Waals surface area contributed by atoms with E-state index in [1.807, 2.05) is 31.2 Å². The molecular formula is C18H14F4N4S. The van der Waals surface area contributed by atoms with Crippen molar-refractivity contribution < 1.29 is 17.6 Å². The summed E-state index contributed by atoms with van der Waals surface area (Å²) in [6, 6.07) is 9.22.